The molecule has 5 rings (SSSR count). The molecule has 0 radical (unpaired) electrons. The number of alkyl halides is 1. The van der Waals surface area contributed by atoms with Crippen molar-refractivity contribution in [2.75, 3.05) is 13.1 Å². The van der Waals surface area contributed by atoms with E-state index in [9.17, 15) is 4.79 Å². The number of carbonyl (C=O) groups excluding carboxylic acids is 1. The van der Waals surface area contributed by atoms with E-state index in [0.29, 0.717) is 17.1 Å². The summed E-state index contributed by atoms with van der Waals surface area (Å²) in [7, 11) is 0. The highest BCUT2D eigenvalue weighted by Gasteiger charge is 2.53. The summed E-state index contributed by atoms with van der Waals surface area (Å²) in [5, 5.41) is 0. The van der Waals surface area contributed by atoms with Gasteiger partial charge in [-0.15, -0.1) is 11.6 Å². The number of para-hydroxylation sites is 1. The van der Waals surface area contributed by atoms with Crippen molar-refractivity contribution in [3.8, 4) is 11.5 Å². The fraction of sp³-hybridized carbons (Fsp3) is 0.240. The van der Waals surface area contributed by atoms with Gasteiger partial charge in [-0.2, -0.15) is 0 Å². The maximum absolute atomic E-state index is 12.8. The van der Waals surface area contributed by atoms with E-state index in [2.05, 4.69) is 18.7 Å². The Morgan fingerprint density at radius 1 is 0.900 bits per heavy atom. The highest BCUT2D eigenvalue weighted by atomic mass is 35.5. The van der Waals surface area contributed by atoms with Gasteiger partial charge < -0.3 is 9.47 Å². The van der Waals surface area contributed by atoms with Gasteiger partial charge in [0.1, 0.15) is 17.0 Å². The molecule has 0 bridgehead atoms. The molecule has 0 aliphatic carbocycles. The van der Waals surface area contributed by atoms with Gasteiger partial charge in [0.05, 0.1) is 5.56 Å². The number of ether oxygens (including phenoxy) is 2. The largest absolute Gasteiger partial charge is 0.456 e. The summed E-state index contributed by atoms with van der Waals surface area (Å²) in [6.07, 6.45) is 0. The molecule has 3 aromatic rings. The van der Waals surface area contributed by atoms with E-state index in [1.165, 1.54) is 0 Å². The smallest absolute Gasteiger partial charge is 0.340 e. The van der Waals surface area contributed by atoms with Crippen molar-refractivity contribution in [3.63, 3.8) is 0 Å². The van der Waals surface area contributed by atoms with Gasteiger partial charge in [-0.3, -0.25) is 4.90 Å². The lowest BCUT2D eigenvalue weighted by molar-refractivity contribution is 0.0224. The Hall–Kier alpha value is -2.82. The van der Waals surface area contributed by atoms with Gasteiger partial charge in [0.15, 0.2) is 5.60 Å². The molecule has 0 saturated heterocycles. The molecule has 0 amide bonds. The average molecular weight is 420 g/mol. The quantitative estimate of drug-likeness (QED) is 0.303. The van der Waals surface area contributed by atoms with Crippen LogP contribution in [0.5, 0.6) is 11.5 Å². The number of hydrogen-bond donors (Lipinski definition) is 0. The Labute approximate surface area is 181 Å². The zero-order valence-corrected chi connectivity index (χ0v) is 17.6. The van der Waals surface area contributed by atoms with Gasteiger partial charge in [-0.05, 0) is 36.9 Å². The number of carbonyl (C=O) groups is 1. The van der Waals surface area contributed by atoms with E-state index < -0.39 is 5.60 Å². The molecule has 0 N–H and O–H groups in total. The van der Waals surface area contributed by atoms with Crippen molar-refractivity contribution in [2.24, 2.45) is 0 Å². The molecule has 2 atom stereocenters. The lowest BCUT2D eigenvalue weighted by Crippen LogP contribution is -2.33. The summed E-state index contributed by atoms with van der Waals surface area (Å²) in [6.45, 7) is 5.88. The third-order valence-electron chi connectivity index (χ3n) is 6.05. The van der Waals surface area contributed by atoms with Gasteiger partial charge in [0, 0.05) is 16.7 Å². The van der Waals surface area contributed by atoms with E-state index in [0.717, 1.165) is 35.3 Å². The minimum atomic E-state index is -1.02. The molecule has 5 heteroatoms. The first kappa shape index (κ1) is 19.2. The molecule has 3 aromatic carbocycles. The summed E-state index contributed by atoms with van der Waals surface area (Å²) in [5.41, 5.74) is 2.73. The molecule has 2 unspecified atom stereocenters. The van der Waals surface area contributed by atoms with Crippen LogP contribution in [0.2, 0.25) is 0 Å². The summed E-state index contributed by atoms with van der Waals surface area (Å²) in [6, 6.07) is 21.2. The second kappa shape index (κ2) is 7.15. The summed E-state index contributed by atoms with van der Waals surface area (Å²) in [5.74, 6) is 1.02. The number of rotatable bonds is 4. The first-order valence-corrected chi connectivity index (χ1v) is 10.7. The average Bonchev–Trinajstić information content (AvgIpc) is 3.08. The third-order valence-corrected chi connectivity index (χ3v) is 6.58. The Balaban J connectivity index is 1.73. The van der Waals surface area contributed by atoms with Crippen LogP contribution < -0.4 is 4.74 Å². The highest BCUT2D eigenvalue weighted by Crippen LogP contribution is 2.56. The van der Waals surface area contributed by atoms with Crippen LogP contribution in [0, 0.1) is 0 Å². The Bertz CT molecular complexity index is 1140. The topological polar surface area (TPSA) is 38.8 Å². The van der Waals surface area contributed by atoms with Crippen LogP contribution in [0.25, 0.3) is 0 Å². The molecule has 0 saturated carbocycles. The number of fused-ring (bicyclic) bond motifs is 6. The van der Waals surface area contributed by atoms with E-state index in [1.54, 1.807) is 0 Å². The second-order valence-electron chi connectivity index (χ2n) is 7.53. The second-order valence-corrected chi connectivity index (χ2v) is 7.94. The number of benzene rings is 3. The van der Waals surface area contributed by atoms with Crippen LogP contribution in [0.1, 0.15) is 52.0 Å². The van der Waals surface area contributed by atoms with Gasteiger partial charge in [0.25, 0.3) is 0 Å². The monoisotopic (exact) mass is 419 g/mol. The normalized spacial score (nSPS) is 19.7. The maximum atomic E-state index is 12.8. The van der Waals surface area contributed by atoms with Crippen LogP contribution in [0.4, 0.5) is 0 Å². The first-order valence-electron chi connectivity index (χ1n) is 10.2. The molecule has 152 valence electrons. The van der Waals surface area contributed by atoms with Crippen LogP contribution >= 0.6 is 11.6 Å². The molecule has 2 aliphatic heterocycles. The lowest BCUT2D eigenvalue weighted by atomic mass is 9.77. The summed E-state index contributed by atoms with van der Waals surface area (Å²) >= 11 is 6.76. The molecule has 2 heterocycles. The van der Waals surface area contributed by atoms with Crippen LogP contribution in [-0.2, 0) is 10.3 Å². The zero-order valence-electron chi connectivity index (χ0n) is 16.9. The van der Waals surface area contributed by atoms with Crippen LogP contribution in [0.15, 0.2) is 66.7 Å². The van der Waals surface area contributed by atoms with Crippen LogP contribution in [0.3, 0.4) is 0 Å². The number of hydrogen-bond acceptors (Lipinski definition) is 4. The van der Waals surface area contributed by atoms with Gasteiger partial charge in [-0.1, -0.05) is 62.4 Å². The molecule has 2 aliphatic rings. The standard InChI is InChI=1S/C25H22ClNO3/c1-3-27(4-2)23(26)16-13-14-20-22(15-16)29-21-12-8-7-11-19(21)25(20)18-10-6-5-9-17(18)24(28)30-25/h5-15,23H,3-4H2,1-2H3. The minimum Gasteiger partial charge on any atom is -0.456 e. The zero-order chi connectivity index (χ0) is 20.9. The van der Waals surface area contributed by atoms with Crippen molar-refractivity contribution in [1.29, 1.82) is 0 Å². The minimum absolute atomic E-state index is 0.263. The molecule has 30 heavy (non-hydrogen) atoms. The van der Waals surface area contributed by atoms with Crippen molar-refractivity contribution in [2.45, 2.75) is 24.9 Å². The number of halogens is 1. The number of esters is 1. The Morgan fingerprint density at radius 3 is 2.33 bits per heavy atom. The van der Waals surface area contributed by atoms with Crippen LogP contribution in [-0.4, -0.2) is 24.0 Å². The molecular formula is C25H22ClNO3. The molecule has 1 spiro atoms. The highest BCUT2D eigenvalue weighted by molar-refractivity contribution is 6.20. The first-order chi connectivity index (χ1) is 14.6. The Kier molecular flexibility index (Phi) is 4.57. The van der Waals surface area contributed by atoms with E-state index in [1.807, 2.05) is 66.7 Å². The molecule has 4 nitrogen and oxygen atoms in total. The van der Waals surface area contributed by atoms with Gasteiger partial charge >= 0.3 is 5.97 Å². The van der Waals surface area contributed by atoms with E-state index >= 15 is 0 Å². The summed E-state index contributed by atoms with van der Waals surface area (Å²) < 4.78 is 12.4. The van der Waals surface area contributed by atoms with Crippen molar-refractivity contribution >= 4 is 17.6 Å². The number of nitrogens with zero attached hydrogens (tertiary/aromatic N) is 1. The SMILES string of the molecule is CCN(CC)C(Cl)c1ccc2c(c1)Oc1ccccc1C21OC(=O)c2ccccc21. The fourth-order valence-corrected chi connectivity index (χ4v) is 4.96. The van der Waals surface area contributed by atoms with Crippen molar-refractivity contribution in [3.05, 3.63) is 94.5 Å². The summed E-state index contributed by atoms with van der Waals surface area (Å²) in [4.78, 5) is 15.0. The maximum Gasteiger partial charge on any atom is 0.340 e. The van der Waals surface area contributed by atoms with E-state index in [-0.39, 0.29) is 11.5 Å². The molecular weight excluding hydrogens is 398 g/mol. The van der Waals surface area contributed by atoms with E-state index in [4.69, 9.17) is 21.1 Å². The van der Waals surface area contributed by atoms with Gasteiger partial charge in [0.2, 0.25) is 0 Å². The predicted molar refractivity (Wildman–Crippen MR) is 116 cm³/mol. The van der Waals surface area contributed by atoms with Crippen molar-refractivity contribution in [1.82, 2.24) is 4.90 Å². The Morgan fingerprint density at radius 2 is 1.57 bits per heavy atom. The third kappa shape index (κ3) is 2.60. The van der Waals surface area contributed by atoms with Crippen molar-refractivity contribution < 1.29 is 14.3 Å². The lowest BCUT2D eigenvalue weighted by Gasteiger charge is -2.37. The predicted octanol–water partition coefficient (Wildman–Crippen LogP) is 5.83. The molecule has 0 fully saturated rings. The van der Waals surface area contributed by atoms with Gasteiger partial charge in [-0.25, -0.2) is 4.79 Å². The molecule has 0 aromatic heterocycles. The fourth-order valence-electron chi connectivity index (χ4n) is 4.54.